The maximum Gasteiger partial charge on any atom is 0.258 e. The van der Waals surface area contributed by atoms with E-state index in [4.69, 9.17) is 11.6 Å². The Hall–Kier alpha value is -1.90. The lowest BCUT2D eigenvalue weighted by molar-refractivity contribution is 0.102. The molecule has 1 aromatic heterocycles. The summed E-state index contributed by atoms with van der Waals surface area (Å²) in [6.07, 6.45) is 1.58. The Morgan fingerprint density at radius 2 is 1.88 bits per heavy atom. The van der Waals surface area contributed by atoms with Crippen molar-refractivity contribution in [1.29, 1.82) is 0 Å². The van der Waals surface area contributed by atoms with E-state index in [0.717, 1.165) is 0 Å². The highest BCUT2D eigenvalue weighted by molar-refractivity contribution is 7.89. The van der Waals surface area contributed by atoms with Crippen molar-refractivity contribution in [2.45, 2.75) is 44.7 Å². The number of sulfonamides is 1. The van der Waals surface area contributed by atoms with Crippen LogP contribution in [0.25, 0.3) is 0 Å². The molecule has 0 aliphatic carbocycles. The third-order valence-corrected chi connectivity index (χ3v) is 6.35. The second kappa shape index (κ2) is 7.77. The SMILES string of the molecule is CC(C)N(C)S(=O)(=O)c1ccc(Cl)c(C(=O)Nc2ccnn2C(C)C)c1. The molecule has 1 aromatic carbocycles. The molecule has 0 spiro atoms. The highest BCUT2D eigenvalue weighted by Crippen LogP contribution is 2.24. The zero-order chi connectivity index (χ0) is 19.6. The molecule has 0 radical (unpaired) electrons. The lowest BCUT2D eigenvalue weighted by Gasteiger charge is -2.21. The largest absolute Gasteiger partial charge is 0.307 e. The van der Waals surface area contributed by atoms with Gasteiger partial charge in [-0.1, -0.05) is 11.6 Å². The van der Waals surface area contributed by atoms with Crippen LogP contribution >= 0.6 is 11.6 Å². The monoisotopic (exact) mass is 398 g/mol. The Kier molecular flexibility index (Phi) is 6.10. The van der Waals surface area contributed by atoms with Gasteiger partial charge in [0, 0.05) is 25.2 Å². The number of nitrogens with zero attached hydrogens (tertiary/aromatic N) is 3. The summed E-state index contributed by atoms with van der Waals surface area (Å²) in [6, 6.07) is 5.61. The minimum absolute atomic E-state index is 0.0145. The van der Waals surface area contributed by atoms with Gasteiger partial charge in [0.05, 0.1) is 21.7 Å². The molecule has 1 N–H and O–H groups in total. The Labute approximate surface area is 159 Å². The average molecular weight is 399 g/mol. The molecule has 0 bridgehead atoms. The fourth-order valence-corrected chi connectivity index (χ4v) is 3.89. The fourth-order valence-electron chi connectivity index (χ4n) is 2.29. The van der Waals surface area contributed by atoms with E-state index in [-0.39, 0.29) is 27.6 Å². The zero-order valence-corrected chi connectivity index (χ0v) is 17.0. The number of halogens is 1. The molecule has 1 heterocycles. The van der Waals surface area contributed by atoms with Crippen LogP contribution in [0.5, 0.6) is 0 Å². The molecule has 0 aliphatic rings. The predicted octanol–water partition coefficient (Wildman–Crippen LogP) is 3.40. The molecule has 0 aliphatic heterocycles. The van der Waals surface area contributed by atoms with Crippen LogP contribution in [0.3, 0.4) is 0 Å². The van der Waals surface area contributed by atoms with Crippen LogP contribution in [0.15, 0.2) is 35.4 Å². The number of hydrogen-bond donors (Lipinski definition) is 1. The van der Waals surface area contributed by atoms with E-state index in [2.05, 4.69) is 10.4 Å². The van der Waals surface area contributed by atoms with Crippen LogP contribution in [0.1, 0.15) is 44.1 Å². The first-order chi connectivity index (χ1) is 12.1. The number of hydrogen-bond acceptors (Lipinski definition) is 4. The molecule has 0 saturated heterocycles. The number of benzene rings is 1. The van der Waals surface area contributed by atoms with Crippen molar-refractivity contribution >= 4 is 33.3 Å². The van der Waals surface area contributed by atoms with Crippen molar-refractivity contribution in [2.75, 3.05) is 12.4 Å². The number of carbonyl (C=O) groups excluding carboxylic acids is 1. The maximum atomic E-state index is 12.7. The maximum absolute atomic E-state index is 12.7. The first kappa shape index (κ1) is 20.4. The quantitative estimate of drug-likeness (QED) is 0.808. The van der Waals surface area contributed by atoms with Crippen molar-refractivity contribution in [3.63, 3.8) is 0 Å². The second-order valence-electron chi connectivity index (χ2n) is 6.47. The van der Waals surface area contributed by atoms with Gasteiger partial charge in [0.25, 0.3) is 5.91 Å². The molecule has 0 atom stereocenters. The molecule has 0 unspecified atom stereocenters. The Balaban J connectivity index is 2.38. The zero-order valence-electron chi connectivity index (χ0n) is 15.4. The summed E-state index contributed by atoms with van der Waals surface area (Å²) >= 11 is 6.13. The molecule has 7 nitrogen and oxygen atoms in total. The highest BCUT2D eigenvalue weighted by atomic mass is 35.5. The van der Waals surface area contributed by atoms with Gasteiger partial charge in [-0.05, 0) is 45.9 Å². The lowest BCUT2D eigenvalue weighted by atomic mass is 10.2. The summed E-state index contributed by atoms with van der Waals surface area (Å²) in [5, 5.41) is 7.05. The Morgan fingerprint density at radius 1 is 1.23 bits per heavy atom. The third-order valence-electron chi connectivity index (χ3n) is 3.99. The average Bonchev–Trinajstić information content (AvgIpc) is 3.02. The molecule has 0 fully saturated rings. The number of nitrogens with one attached hydrogen (secondary N) is 1. The van der Waals surface area contributed by atoms with Crippen LogP contribution in [0.4, 0.5) is 5.82 Å². The van der Waals surface area contributed by atoms with Crippen LogP contribution in [-0.2, 0) is 10.0 Å². The second-order valence-corrected chi connectivity index (χ2v) is 8.87. The van der Waals surface area contributed by atoms with Gasteiger partial charge in [-0.25, -0.2) is 13.1 Å². The first-order valence-corrected chi connectivity index (χ1v) is 10.00. The Bertz CT molecular complexity index is 906. The molecule has 2 rings (SSSR count). The number of amides is 1. The molecule has 1 amide bonds. The van der Waals surface area contributed by atoms with Crippen molar-refractivity contribution in [3.05, 3.63) is 41.0 Å². The molecular formula is C17H23ClN4O3S. The highest BCUT2D eigenvalue weighted by Gasteiger charge is 2.25. The van der Waals surface area contributed by atoms with E-state index in [9.17, 15) is 13.2 Å². The van der Waals surface area contributed by atoms with E-state index < -0.39 is 15.9 Å². The van der Waals surface area contributed by atoms with E-state index >= 15 is 0 Å². The van der Waals surface area contributed by atoms with Crippen LogP contribution in [-0.4, -0.2) is 41.5 Å². The summed E-state index contributed by atoms with van der Waals surface area (Å²) < 4.78 is 28.2. The minimum Gasteiger partial charge on any atom is -0.307 e. The molecule has 142 valence electrons. The normalized spacial score (nSPS) is 12.2. The number of anilines is 1. The minimum atomic E-state index is -3.72. The summed E-state index contributed by atoms with van der Waals surface area (Å²) in [5.74, 6) is 0.00951. The van der Waals surface area contributed by atoms with Gasteiger partial charge in [0.15, 0.2) is 0 Å². The van der Waals surface area contributed by atoms with Gasteiger partial charge in [-0.15, -0.1) is 0 Å². The fraction of sp³-hybridized carbons (Fsp3) is 0.412. The van der Waals surface area contributed by atoms with Gasteiger partial charge in [-0.2, -0.15) is 9.40 Å². The van der Waals surface area contributed by atoms with Gasteiger partial charge >= 0.3 is 0 Å². The van der Waals surface area contributed by atoms with Gasteiger partial charge in [0.2, 0.25) is 10.0 Å². The standard InChI is InChI=1S/C17H23ClN4O3S/c1-11(2)21(5)26(24,25)13-6-7-15(18)14(10-13)17(23)20-16-8-9-19-22(16)12(3)4/h6-12H,1-5H3,(H,20,23). The van der Waals surface area contributed by atoms with Crippen LogP contribution in [0, 0.1) is 0 Å². The lowest BCUT2D eigenvalue weighted by Crippen LogP contribution is -2.33. The number of aromatic nitrogens is 2. The van der Waals surface area contributed by atoms with Crippen molar-refractivity contribution in [1.82, 2.24) is 14.1 Å². The van der Waals surface area contributed by atoms with E-state index in [1.165, 1.54) is 29.6 Å². The molecule has 26 heavy (non-hydrogen) atoms. The van der Waals surface area contributed by atoms with Gasteiger partial charge in [0.1, 0.15) is 5.82 Å². The smallest absolute Gasteiger partial charge is 0.258 e. The number of carbonyl (C=O) groups is 1. The van der Waals surface area contributed by atoms with Crippen molar-refractivity contribution < 1.29 is 13.2 Å². The van der Waals surface area contributed by atoms with Gasteiger partial charge < -0.3 is 5.32 Å². The van der Waals surface area contributed by atoms with Crippen LogP contribution in [0.2, 0.25) is 5.02 Å². The first-order valence-electron chi connectivity index (χ1n) is 8.18. The van der Waals surface area contributed by atoms with E-state index in [0.29, 0.717) is 5.82 Å². The summed E-state index contributed by atoms with van der Waals surface area (Å²) in [7, 11) is -2.22. The summed E-state index contributed by atoms with van der Waals surface area (Å²) in [4.78, 5) is 12.7. The molecule has 0 saturated carbocycles. The van der Waals surface area contributed by atoms with Gasteiger partial charge in [-0.3, -0.25) is 4.79 Å². The van der Waals surface area contributed by atoms with Crippen molar-refractivity contribution in [2.24, 2.45) is 0 Å². The number of rotatable bonds is 6. The Morgan fingerprint density at radius 3 is 2.46 bits per heavy atom. The van der Waals surface area contributed by atoms with Crippen LogP contribution < -0.4 is 5.32 Å². The molecule has 2 aromatic rings. The van der Waals surface area contributed by atoms with E-state index in [1.807, 2.05) is 13.8 Å². The summed E-state index contributed by atoms with van der Waals surface area (Å²) in [6.45, 7) is 7.41. The topological polar surface area (TPSA) is 84.3 Å². The van der Waals surface area contributed by atoms with Crippen molar-refractivity contribution in [3.8, 4) is 0 Å². The third kappa shape index (κ3) is 4.08. The summed E-state index contributed by atoms with van der Waals surface area (Å²) in [5.41, 5.74) is 0.0846. The predicted molar refractivity (Wildman–Crippen MR) is 102 cm³/mol. The van der Waals surface area contributed by atoms with E-state index in [1.54, 1.807) is 30.8 Å². The molecular weight excluding hydrogens is 376 g/mol. The molecule has 9 heteroatoms.